The van der Waals surface area contributed by atoms with Gasteiger partial charge < -0.3 is 14.5 Å². The summed E-state index contributed by atoms with van der Waals surface area (Å²) in [7, 11) is 1.58. The van der Waals surface area contributed by atoms with E-state index in [0.29, 0.717) is 38.5 Å². The first-order valence-corrected chi connectivity index (χ1v) is 10.7. The number of anilines is 1. The zero-order valence-corrected chi connectivity index (χ0v) is 18.0. The van der Waals surface area contributed by atoms with E-state index in [1.807, 2.05) is 41.3 Å². The van der Waals surface area contributed by atoms with Crippen LogP contribution in [0.1, 0.15) is 5.56 Å². The summed E-state index contributed by atoms with van der Waals surface area (Å²) in [5, 5.41) is 0. The molecular weight excluding hydrogens is 421 g/mol. The molecule has 6 nitrogen and oxygen atoms in total. The number of nitrogens with zero attached hydrogens (tertiary/aromatic N) is 4. The average Bonchev–Trinajstić information content (AvgIpc) is 3.24. The number of alkyl halides is 3. The van der Waals surface area contributed by atoms with Gasteiger partial charge in [0.2, 0.25) is 5.91 Å². The fourth-order valence-corrected chi connectivity index (χ4v) is 4.53. The first-order valence-electron chi connectivity index (χ1n) is 10.7. The SMILES string of the molecule is COc1ccnc(N2CCN(C(=O)[C@H]3CN(Cc4ccccc4)C[C@@H]3C(F)(F)F)CC2)c1. The number of carbonyl (C=O) groups excluding carboxylic acids is 1. The highest BCUT2D eigenvalue weighted by Crippen LogP contribution is 2.39. The van der Waals surface area contributed by atoms with Crippen LogP contribution < -0.4 is 9.64 Å². The smallest absolute Gasteiger partial charge is 0.393 e. The normalized spacial score (nSPS) is 22.2. The molecular formula is C23H27F3N4O2. The van der Waals surface area contributed by atoms with Crippen LogP contribution in [0.15, 0.2) is 48.7 Å². The molecule has 0 aliphatic carbocycles. The molecule has 1 aromatic heterocycles. The number of benzene rings is 1. The molecule has 0 spiro atoms. The third-order valence-electron chi connectivity index (χ3n) is 6.25. The van der Waals surface area contributed by atoms with Crippen molar-refractivity contribution in [3.63, 3.8) is 0 Å². The number of carbonyl (C=O) groups is 1. The predicted octanol–water partition coefficient (Wildman–Crippen LogP) is 3.05. The lowest BCUT2D eigenvalue weighted by molar-refractivity contribution is -0.186. The third kappa shape index (κ3) is 4.98. The summed E-state index contributed by atoms with van der Waals surface area (Å²) in [5.74, 6) is -1.69. The van der Waals surface area contributed by atoms with Crippen LogP contribution in [-0.4, -0.2) is 73.2 Å². The van der Waals surface area contributed by atoms with Gasteiger partial charge in [0.15, 0.2) is 0 Å². The van der Waals surface area contributed by atoms with Gasteiger partial charge >= 0.3 is 6.18 Å². The van der Waals surface area contributed by atoms with Crippen LogP contribution in [0, 0.1) is 11.8 Å². The van der Waals surface area contributed by atoms with Crippen molar-refractivity contribution in [2.75, 3.05) is 51.3 Å². The first kappa shape index (κ1) is 22.4. The molecule has 4 rings (SSSR count). The maximum absolute atomic E-state index is 13.8. The van der Waals surface area contributed by atoms with E-state index in [-0.39, 0.29) is 13.1 Å². The summed E-state index contributed by atoms with van der Waals surface area (Å²) in [4.78, 5) is 22.8. The highest BCUT2D eigenvalue weighted by atomic mass is 19.4. The Balaban J connectivity index is 1.40. The first-order chi connectivity index (χ1) is 15.3. The quantitative estimate of drug-likeness (QED) is 0.704. The van der Waals surface area contributed by atoms with Crippen molar-refractivity contribution in [2.45, 2.75) is 12.7 Å². The van der Waals surface area contributed by atoms with Crippen molar-refractivity contribution < 1.29 is 22.7 Å². The summed E-state index contributed by atoms with van der Waals surface area (Å²) in [5.41, 5.74) is 0.945. The summed E-state index contributed by atoms with van der Waals surface area (Å²) >= 11 is 0. The number of hydrogen-bond donors (Lipinski definition) is 0. The monoisotopic (exact) mass is 448 g/mol. The number of likely N-dealkylation sites (tertiary alicyclic amines) is 1. The fourth-order valence-electron chi connectivity index (χ4n) is 4.53. The van der Waals surface area contributed by atoms with Gasteiger partial charge in [-0.25, -0.2) is 4.98 Å². The van der Waals surface area contributed by atoms with Gasteiger partial charge in [0, 0.05) is 58.1 Å². The predicted molar refractivity (Wildman–Crippen MR) is 114 cm³/mol. The average molecular weight is 448 g/mol. The topological polar surface area (TPSA) is 48.9 Å². The van der Waals surface area contributed by atoms with E-state index in [1.165, 1.54) is 0 Å². The Morgan fingerprint density at radius 1 is 1.09 bits per heavy atom. The minimum atomic E-state index is -4.40. The molecule has 2 fully saturated rings. The van der Waals surface area contributed by atoms with Gasteiger partial charge in [-0.3, -0.25) is 9.69 Å². The molecule has 0 bridgehead atoms. The molecule has 0 radical (unpaired) electrons. The molecule has 2 atom stereocenters. The largest absolute Gasteiger partial charge is 0.497 e. The van der Waals surface area contributed by atoms with Gasteiger partial charge in [-0.05, 0) is 11.6 Å². The van der Waals surface area contributed by atoms with Gasteiger partial charge in [-0.15, -0.1) is 0 Å². The third-order valence-corrected chi connectivity index (χ3v) is 6.25. The van der Waals surface area contributed by atoms with Crippen LogP contribution >= 0.6 is 0 Å². The highest BCUT2D eigenvalue weighted by Gasteiger charge is 2.53. The number of aromatic nitrogens is 1. The van der Waals surface area contributed by atoms with E-state index in [2.05, 4.69) is 4.98 Å². The number of amides is 1. The summed E-state index contributed by atoms with van der Waals surface area (Å²) < 4.78 is 46.6. The molecule has 3 heterocycles. The molecule has 9 heteroatoms. The minimum Gasteiger partial charge on any atom is -0.497 e. The van der Waals surface area contributed by atoms with Crippen molar-refractivity contribution in [3.05, 3.63) is 54.2 Å². The second kappa shape index (κ2) is 9.36. The standard InChI is InChI=1S/C23H27F3N4O2/c1-32-18-7-8-27-21(13-18)29-9-11-30(12-10-29)22(31)19-15-28(16-20(19)23(24,25)26)14-17-5-3-2-4-6-17/h2-8,13,19-20H,9-12,14-16H2,1H3/t19-,20-/m0/s1. The zero-order chi connectivity index (χ0) is 22.7. The van der Waals surface area contributed by atoms with Gasteiger partial charge in [-0.2, -0.15) is 13.2 Å². The minimum absolute atomic E-state index is 0.121. The molecule has 1 aromatic carbocycles. The Morgan fingerprint density at radius 2 is 1.81 bits per heavy atom. The molecule has 0 saturated carbocycles. The van der Waals surface area contributed by atoms with E-state index in [9.17, 15) is 18.0 Å². The summed E-state index contributed by atoms with van der Waals surface area (Å²) in [6.07, 6.45) is -2.75. The Morgan fingerprint density at radius 3 is 2.47 bits per heavy atom. The highest BCUT2D eigenvalue weighted by molar-refractivity contribution is 5.80. The van der Waals surface area contributed by atoms with Crippen molar-refractivity contribution in [3.8, 4) is 5.75 Å². The number of piperazine rings is 1. The lowest BCUT2D eigenvalue weighted by Gasteiger charge is -2.37. The van der Waals surface area contributed by atoms with Crippen molar-refractivity contribution >= 4 is 11.7 Å². The van der Waals surface area contributed by atoms with E-state index >= 15 is 0 Å². The molecule has 0 unspecified atom stereocenters. The zero-order valence-electron chi connectivity index (χ0n) is 18.0. The Bertz CT molecular complexity index is 917. The molecule has 1 amide bonds. The number of rotatable bonds is 5. The van der Waals surface area contributed by atoms with E-state index in [4.69, 9.17) is 4.74 Å². The van der Waals surface area contributed by atoms with Crippen LogP contribution in [-0.2, 0) is 11.3 Å². The maximum Gasteiger partial charge on any atom is 0.393 e. The van der Waals surface area contributed by atoms with Crippen LogP contribution in [0.4, 0.5) is 19.0 Å². The second-order valence-electron chi connectivity index (χ2n) is 8.30. The van der Waals surface area contributed by atoms with Gasteiger partial charge in [0.25, 0.3) is 0 Å². The van der Waals surface area contributed by atoms with Crippen molar-refractivity contribution in [2.24, 2.45) is 11.8 Å². The Hall–Kier alpha value is -2.81. The number of hydrogen-bond acceptors (Lipinski definition) is 5. The summed E-state index contributed by atoms with van der Waals surface area (Å²) in [6, 6.07) is 13.0. The fraction of sp³-hybridized carbons (Fsp3) is 0.478. The lowest BCUT2D eigenvalue weighted by Crippen LogP contribution is -2.52. The van der Waals surface area contributed by atoms with Gasteiger partial charge in [0.05, 0.1) is 18.9 Å². The van der Waals surface area contributed by atoms with Crippen LogP contribution in [0.5, 0.6) is 5.75 Å². The van der Waals surface area contributed by atoms with Gasteiger partial charge in [-0.1, -0.05) is 30.3 Å². The number of ether oxygens (including phenoxy) is 1. The van der Waals surface area contributed by atoms with E-state index < -0.39 is 23.9 Å². The molecule has 2 saturated heterocycles. The molecule has 2 aliphatic rings. The van der Waals surface area contributed by atoms with Crippen molar-refractivity contribution in [1.82, 2.24) is 14.8 Å². The molecule has 2 aromatic rings. The van der Waals surface area contributed by atoms with E-state index in [0.717, 1.165) is 11.4 Å². The van der Waals surface area contributed by atoms with Crippen LogP contribution in [0.3, 0.4) is 0 Å². The molecule has 0 N–H and O–H groups in total. The maximum atomic E-state index is 13.8. The molecule has 32 heavy (non-hydrogen) atoms. The van der Waals surface area contributed by atoms with E-state index in [1.54, 1.807) is 29.2 Å². The van der Waals surface area contributed by atoms with Crippen LogP contribution in [0.2, 0.25) is 0 Å². The molecule has 172 valence electrons. The van der Waals surface area contributed by atoms with Crippen molar-refractivity contribution in [1.29, 1.82) is 0 Å². The van der Waals surface area contributed by atoms with Gasteiger partial charge in [0.1, 0.15) is 11.6 Å². The Labute approximate surface area is 185 Å². The number of pyridine rings is 1. The second-order valence-corrected chi connectivity index (χ2v) is 8.30. The summed E-state index contributed by atoms with van der Waals surface area (Å²) in [6.45, 7) is 2.16. The lowest BCUT2D eigenvalue weighted by atomic mass is 9.93. The number of halogens is 3. The van der Waals surface area contributed by atoms with Crippen LogP contribution in [0.25, 0.3) is 0 Å². The molecule has 2 aliphatic heterocycles. The Kier molecular flexibility index (Phi) is 6.55. The number of methoxy groups -OCH3 is 1.